The molecule has 5 heteroatoms. The number of hydrogen-bond acceptors (Lipinski definition) is 5. The second kappa shape index (κ2) is 8.12. The van der Waals surface area contributed by atoms with Crippen molar-refractivity contribution in [2.75, 3.05) is 0 Å². The van der Waals surface area contributed by atoms with E-state index in [0.29, 0.717) is 66.2 Å². The summed E-state index contributed by atoms with van der Waals surface area (Å²) in [5, 5.41) is 28.2. The molecular weight excluding hydrogens is 402 g/mol. The van der Waals surface area contributed by atoms with Gasteiger partial charge in [-0.15, -0.1) is 0 Å². The van der Waals surface area contributed by atoms with Crippen LogP contribution in [0.25, 0.3) is 11.3 Å². The van der Waals surface area contributed by atoms with Gasteiger partial charge in [-0.05, 0) is 30.9 Å². The first kappa shape index (κ1) is 20.8. The topological polar surface area (TPSA) is 75.7 Å². The van der Waals surface area contributed by atoms with Crippen LogP contribution in [0.5, 0.6) is 5.75 Å². The molecular formula is C27H27NO4. The van der Waals surface area contributed by atoms with Crippen molar-refractivity contribution in [3.8, 4) is 28.8 Å². The number of rotatable bonds is 5. The molecule has 5 rings (SSSR count). The number of benzene rings is 2. The van der Waals surface area contributed by atoms with Crippen LogP contribution in [0.15, 0.2) is 53.1 Å². The number of aryl methyl sites for hydroxylation is 1. The van der Waals surface area contributed by atoms with Crippen LogP contribution in [0.2, 0.25) is 0 Å². The molecule has 164 valence electrons. The number of aliphatic hydroxyl groups is 2. The Labute approximate surface area is 188 Å². The maximum Gasteiger partial charge on any atom is 0.185 e. The van der Waals surface area contributed by atoms with E-state index in [1.54, 1.807) is 0 Å². The first-order valence-electron chi connectivity index (χ1n) is 11.3. The quantitative estimate of drug-likeness (QED) is 0.448. The molecule has 0 unspecified atom stereocenters. The van der Waals surface area contributed by atoms with Gasteiger partial charge < -0.3 is 19.5 Å². The van der Waals surface area contributed by atoms with E-state index in [1.807, 2.05) is 48.5 Å². The fourth-order valence-electron chi connectivity index (χ4n) is 4.87. The second-order valence-corrected chi connectivity index (χ2v) is 8.61. The molecule has 0 aliphatic heterocycles. The Kier molecular flexibility index (Phi) is 5.28. The minimum Gasteiger partial charge on any atom is -0.488 e. The van der Waals surface area contributed by atoms with Crippen LogP contribution in [0.4, 0.5) is 0 Å². The SMILES string of the molecule is CCCCC#C[C@]1(O)c2cccc(OCc3ccccc3)c2-c2noc3c2[C@]1(O)CCC3. The number of hydrogen-bond donors (Lipinski definition) is 2. The van der Waals surface area contributed by atoms with Crippen molar-refractivity contribution in [2.45, 2.75) is 63.3 Å². The Morgan fingerprint density at radius 2 is 1.97 bits per heavy atom. The van der Waals surface area contributed by atoms with Crippen LogP contribution in [0.3, 0.4) is 0 Å². The molecule has 0 amide bonds. The third-order valence-corrected chi connectivity index (χ3v) is 6.53. The zero-order valence-electron chi connectivity index (χ0n) is 18.2. The summed E-state index contributed by atoms with van der Waals surface area (Å²) in [7, 11) is 0. The maximum absolute atomic E-state index is 12.0. The Morgan fingerprint density at radius 3 is 2.78 bits per heavy atom. The molecule has 1 heterocycles. The molecule has 2 aromatic carbocycles. The Hall–Kier alpha value is -3.07. The van der Waals surface area contributed by atoms with Crippen molar-refractivity contribution in [1.29, 1.82) is 0 Å². The summed E-state index contributed by atoms with van der Waals surface area (Å²) in [4.78, 5) is 0. The molecule has 2 N–H and O–H groups in total. The average molecular weight is 430 g/mol. The van der Waals surface area contributed by atoms with Crippen LogP contribution >= 0.6 is 0 Å². The van der Waals surface area contributed by atoms with E-state index >= 15 is 0 Å². The molecule has 32 heavy (non-hydrogen) atoms. The van der Waals surface area contributed by atoms with Gasteiger partial charge in [0.2, 0.25) is 0 Å². The monoisotopic (exact) mass is 429 g/mol. The summed E-state index contributed by atoms with van der Waals surface area (Å²) in [5.41, 5.74) is -0.0404. The highest BCUT2D eigenvalue weighted by Crippen LogP contribution is 2.58. The lowest BCUT2D eigenvalue weighted by Gasteiger charge is -2.46. The van der Waals surface area contributed by atoms with Crippen molar-refractivity contribution in [3.63, 3.8) is 0 Å². The molecule has 1 aromatic heterocycles. The molecule has 2 aliphatic carbocycles. The minimum atomic E-state index is -1.77. The third-order valence-electron chi connectivity index (χ3n) is 6.53. The van der Waals surface area contributed by atoms with Gasteiger partial charge in [-0.2, -0.15) is 0 Å². The van der Waals surface area contributed by atoms with E-state index in [4.69, 9.17) is 9.26 Å². The van der Waals surface area contributed by atoms with Crippen molar-refractivity contribution >= 4 is 0 Å². The number of nitrogens with zero attached hydrogens (tertiary/aromatic N) is 1. The normalized spacial score (nSPS) is 23.0. The highest BCUT2D eigenvalue weighted by atomic mass is 16.5. The predicted molar refractivity (Wildman–Crippen MR) is 121 cm³/mol. The van der Waals surface area contributed by atoms with Crippen LogP contribution in [0, 0.1) is 11.8 Å². The lowest BCUT2D eigenvalue weighted by Crippen LogP contribution is -2.52. The van der Waals surface area contributed by atoms with Gasteiger partial charge in [0.15, 0.2) is 5.60 Å². The van der Waals surface area contributed by atoms with Gasteiger partial charge in [0.1, 0.15) is 29.4 Å². The highest BCUT2D eigenvalue weighted by Gasteiger charge is 2.60. The first-order valence-corrected chi connectivity index (χ1v) is 11.3. The summed E-state index contributed by atoms with van der Waals surface area (Å²) in [6, 6.07) is 15.4. The molecule has 0 spiro atoms. The molecule has 5 nitrogen and oxygen atoms in total. The van der Waals surface area contributed by atoms with Crippen LogP contribution < -0.4 is 4.74 Å². The summed E-state index contributed by atoms with van der Waals surface area (Å²) in [5.74, 6) is 7.38. The van der Waals surface area contributed by atoms with Crippen molar-refractivity contribution in [3.05, 3.63) is 71.0 Å². The molecule has 0 bridgehead atoms. The van der Waals surface area contributed by atoms with Gasteiger partial charge in [-0.1, -0.05) is 72.8 Å². The largest absolute Gasteiger partial charge is 0.488 e. The highest BCUT2D eigenvalue weighted by molar-refractivity contribution is 5.80. The molecule has 3 aromatic rings. The lowest BCUT2D eigenvalue weighted by atomic mass is 9.62. The fourth-order valence-corrected chi connectivity index (χ4v) is 4.87. The fraction of sp³-hybridized carbons (Fsp3) is 0.370. The minimum absolute atomic E-state index is 0.377. The zero-order chi connectivity index (χ0) is 22.2. The van der Waals surface area contributed by atoms with Gasteiger partial charge in [-0.3, -0.25) is 0 Å². The summed E-state index contributed by atoms with van der Waals surface area (Å²) in [6.45, 7) is 2.48. The standard InChI is InChI=1S/C27H27NO4/c1-2-3-4-8-16-26(29)20-13-9-14-21(31-18-19-11-6-5-7-12-19)23(20)25-24-22(32-28-25)15-10-17-27(24,26)30/h5-7,9,11-14,29-30H,2-4,10,15,17-18H2,1H3/t26-,27+/m0/s1. The van der Waals surface area contributed by atoms with Gasteiger partial charge in [-0.25, -0.2) is 0 Å². The van der Waals surface area contributed by atoms with E-state index in [0.717, 1.165) is 18.4 Å². The van der Waals surface area contributed by atoms with E-state index in [2.05, 4.69) is 23.9 Å². The Bertz CT molecular complexity index is 1190. The summed E-state index contributed by atoms with van der Waals surface area (Å²) >= 11 is 0. The van der Waals surface area contributed by atoms with Gasteiger partial charge in [0.25, 0.3) is 0 Å². The van der Waals surface area contributed by atoms with Crippen LogP contribution in [-0.4, -0.2) is 15.4 Å². The number of ether oxygens (including phenoxy) is 1. The average Bonchev–Trinajstić information content (AvgIpc) is 3.26. The molecule has 0 saturated carbocycles. The molecule has 2 aliphatic rings. The van der Waals surface area contributed by atoms with Crippen LogP contribution in [0.1, 0.15) is 61.5 Å². The van der Waals surface area contributed by atoms with Crippen molar-refractivity contribution < 1.29 is 19.5 Å². The molecule has 2 atom stereocenters. The number of unbranched alkanes of at least 4 members (excludes halogenated alkanes) is 2. The summed E-state index contributed by atoms with van der Waals surface area (Å²) < 4.78 is 11.8. The van der Waals surface area contributed by atoms with E-state index in [9.17, 15) is 10.2 Å². The third kappa shape index (κ3) is 3.14. The van der Waals surface area contributed by atoms with Gasteiger partial charge in [0, 0.05) is 18.4 Å². The van der Waals surface area contributed by atoms with Gasteiger partial charge >= 0.3 is 0 Å². The maximum atomic E-state index is 12.0. The second-order valence-electron chi connectivity index (χ2n) is 8.61. The van der Waals surface area contributed by atoms with Gasteiger partial charge in [0.05, 0.1) is 11.1 Å². The Balaban J connectivity index is 1.65. The van der Waals surface area contributed by atoms with Crippen molar-refractivity contribution in [1.82, 2.24) is 5.16 Å². The lowest BCUT2D eigenvalue weighted by molar-refractivity contribution is -0.141. The molecule has 0 radical (unpaired) electrons. The molecule has 0 saturated heterocycles. The van der Waals surface area contributed by atoms with Crippen molar-refractivity contribution in [2.24, 2.45) is 0 Å². The van der Waals surface area contributed by atoms with E-state index in [1.165, 1.54) is 0 Å². The number of aromatic nitrogens is 1. The first-order chi connectivity index (χ1) is 15.6. The summed E-state index contributed by atoms with van der Waals surface area (Å²) in [6.07, 6.45) is 4.38. The smallest absolute Gasteiger partial charge is 0.185 e. The van der Waals surface area contributed by atoms with Crippen LogP contribution in [-0.2, 0) is 24.2 Å². The number of fused-ring (bicyclic) bond motifs is 2. The predicted octanol–water partition coefficient (Wildman–Crippen LogP) is 4.84. The van der Waals surface area contributed by atoms with E-state index < -0.39 is 11.2 Å². The Morgan fingerprint density at radius 1 is 1.12 bits per heavy atom. The molecule has 0 fully saturated rings. The zero-order valence-corrected chi connectivity index (χ0v) is 18.2. The van der Waals surface area contributed by atoms with E-state index in [-0.39, 0.29) is 0 Å².